The summed E-state index contributed by atoms with van der Waals surface area (Å²) in [6, 6.07) is 3.90. The van der Waals surface area contributed by atoms with Crippen LogP contribution in [0.2, 0.25) is 0 Å². The molecule has 3 heterocycles. The van der Waals surface area contributed by atoms with Crippen LogP contribution in [0.25, 0.3) is 22.8 Å². The van der Waals surface area contributed by atoms with Crippen LogP contribution in [-0.2, 0) is 26.3 Å². The first-order chi connectivity index (χ1) is 19.9. The Morgan fingerprint density at radius 1 is 0.929 bits per heavy atom. The predicted octanol–water partition coefficient (Wildman–Crippen LogP) is 5.93. The van der Waals surface area contributed by atoms with E-state index in [0.29, 0.717) is 11.3 Å². The van der Waals surface area contributed by atoms with Crippen molar-refractivity contribution in [1.82, 2.24) is 29.5 Å². The van der Waals surface area contributed by atoms with Crippen molar-refractivity contribution in [3.05, 3.63) is 59.4 Å². The van der Waals surface area contributed by atoms with Gasteiger partial charge in [0.1, 0.15) is 24.3 Å². The fraction of sp³-hybridized carbons (Fsp3) is 0.370. The maximum atomic E-state index is 13.5. The second-order valence-electron chi connectivity index (χ2n) is 9.61. The molecule has 0 amide bonds. The van der Waals surface area contributed by atoms with Gasteiger partial charge in [0.15, 0.2) is 17.3 Å². The Hall–Kier alpha value is -4.43. The van der Waals surface area contributed by atoms with Crippen LogP contribution in [0.3, 0.4) is 0 Å². The van der Waals surface area contributed by atoms with Crippen LogP contribution in [0.15, 0.2) is 36.9 Å². The monoisotopic (exact) mass is 594 g/mol. The maximum absolute atomic E-state index is 13.5. The normalized spacial score (nSPS) is 13.7. The van der Waals surface area contributed by atoms with E-state index >= 15 is 0 Å². The summed E-state index contributed by atoms with van der Waals surface area (Å²) in [4.78, 5) is 20.9. The van der Waals surface area contributed by atoms with Gasteiger partial charge in [-0.05, 0) is 30.0 Å². The Bertz CT molecular complexity index is 1600. The smallest absolute Gasteiger partial charge is 0.434 e. The summed E-state index contributed by atoms with van der Waals surface area (Å²) in [6.07, 6.45) is -5.27. The van der Waals surface area contributed by atoms with Crippen LogP contribution < -0.4 is 14.2 Å². The topological polar surface area (TPSA) is 97.1 Å². The maximum Gasteiger partial charge on any atom is 0.434 e. The number of rotatable bonds is 9. The highest BCUT2D eigenvalue weighted by Crippen LogP contribution is 2.45. The Kier molecular flexibility index (Phi) is 7.68. The van der Waals surface area contributed by atoms with Gasteiger partial charge in [0.2, 0.25) is 5.88 Å². The van der Waals surface area contributed by atoms with E-state index in [2.05, 4.69) is 24.9 Å². The van der Waals surface area contributed by atoms with Crippen LogP contribution in [0.5, 0.6) is 17.5 Å². The Balaban J connectivity index is 1.48. The molecule has 0 spiro atoms. The molecule has 0 N–H and O–H groups in total. The first kappa shape index (κ1) is 29.1. The molecule has 222 valence electrons. The van der Waals surface area contributed by atoms with E-state index in [1.165, 1.54) is 45.9 Å². The van der Waals surface area contributed by atoms with E-state index in [4.69, 9.17) is 14.2 Å². The predicted molar refractivity (Wildman–Crippen MR) is 136 cm³/mol. The lowest BCUT2D eigenvalue weighted by Crippen LogP contribution is -2.14. The molecular formula is C27H24F6N6O3. The molecule has 5 rings (SSSR count). The van der Waals surface area contributed by atoms with Crippen LogP contribution >= 0.6 is 0 Å². The van der Waals surface area contributed by atoms with Gasteiger partial charge in [-0.25, -0.2) is 19.9 Å². The van der Waals surface area contributed by atoms with Crippen molar-refractivity contribution in [2.75, 3.05) is 14.2 Å². The van der Waals surface area contributed by atoms with E-state index in [9.17, 15) is 26.3 Å². The van der Waals surface area contributed by atoms with Crippen molar-refractivity contribution >= 4 is 0 Å². The van der Waals surface area contributed by atoms with Gasteiger partial charge in [0.25, 0.3) is 5.88 Å². The van der Waals surface area contributed by atoms with Gasteiger partial charge in [0, 0.05) is 24.7 Å². The largest absolute Gasteiger partial charge is 0.490 e. The average Bonchev–Trinajstić information content (AvgIpc) is 3.70. The number of benzene rings is 1. The molecule has 1 aliphatic carbocycles. The lowest BCUT2D eigenvalue weighted by molar-refractivity contribution is -0.141. The molecule has 0 unspecified atom stereocenters. The fourth-order valence-electron chi connectivity index (χ4n) is 4.44. The highest BCUT2D eigenvalue weighted by atomic mass is 19.4. The van der Waals surface area contributed by atoms with Crippen molar-refractivity contribution in [2.24, 2.45) is 7.05 Å². The highest BCUT2D eigenvalue weighted by Gasteiger charge is 2.35. The summed E-state index contributed by atoms with van der Waals surface area (Å²) in [5.74, 6) is 0.591. The Morgan fingerprint density at radius 2 is 1.69 bits per heavy atom. The van der Waals surface area contributed by atoms with Crippen LogP contribution in [-0.4, -0.2) is 49.9 Å². The second kappa shape index (κ2) is 11.1. The van der Waals surface area contributed by atoms with Gasteiger partial charge in [0.05, 0.1) is 32.5 Å². The summed E-state index contributed by atoms with van der Waals surface area (Å²) >= 11 is 0. The number of aromatic nitrogens is 6. The standard InChI is InChI=1S/C27H24F6N6O3/c1-39-11-19(27(31,32)33)37-23(39)15-6-7-16(17(8-15)9-26(28,29)30)12-42-24-18(40-2)10-34-22(38-24)20-21(14-4-5-14)35-13-36-25(20)41-3/h6-8,10-11,13-14H,4-5,9,12H2,1-3H3. The Morgan fingerprint density at radius 3 is 2.31 bits per heavy atom. The molecule has 0 atom stereocenters. The number of nitrogens with zero attached hydrogens (tertiary/aromatic N) is 6. The molecule has 0 saturated heterocycles. The van der Waals surface area contributed by atoms with Gasteiger partial charge >= 0.3 is 12.4 Å². The van der Waals surface area contributed by atoms with Crippen molar-refractivity contribution in [3.8, 4) is 40.3 Å². The quantitative estimate of drug-likeness (QED) is 0.220. The van der Waals surface area contributed by atoms with Gasteiger partial charge < -0.3 is 18.8 Å². The number of halogens is 6. The number of ether oxygens (including phenoxy) is 3. The minimum Gasteiger partial charge on any atom is -0.490 e. The van der Waals surface area contributed by atoms with E-state index in [1.807, 2.05) is 0 Å². The third-order valence-corrected chi connectivity index (χ3v) is 6.55. The zero-order chi connectivity index (χ0) is 30.2. The average molecular weight is 595 g/mol. The molecule has 4 aromatic rings. The molecule has 1 aromatic carbocycles. The molecular weight excluding hydrogens is 570 g/mol. The molecule has 9 nitrogen and oxygen atoms in total. The number of hydrogen-bond donors (Lipinski definition) is 0. The number of imidazole rings is 1. The van der Waals surface area contributed by atoms with Crippen molar-refractivity contribution in [2.45, 2.75) is 44.1 Å². The highest BCUT2D eigenvalue weighted by molar-refractivity contribution is 5.66. The molecule has 42 heavy (non-hydrogen) atoms. The first-order valence-electron chi connectivity index (χ1n) is 12.6. The number of hydrogen-bond acceptors (Lipinski definition) is 8. The van der Waals surface area contributed by atoms with E-state index in [-0.39, 0.29) is 58.4 Å². The zero-order valence-corrected chi connectivity index (χ0v) is 22.5. The van der Waals surface area contributed by atoms with Gasteiger partial charge in [-0.3, -0.25) is 0 Å². The minimum atomic E-state index is -4.71. The number of alkyl halides is 6. The SMILES string of the molecule is COc1cnc(-c2c(OC)ncnc2C2CC2)nc1OCc1ccc(-c2nc(C(F)(F)F)cn2C)cc1CC(F)(F)F. The molecule has 0 aliphatic heterocycles. The zero-order valence-electron chi connectivity index (χ0n) is 22.5. The first-order valence-corrected chi connectivity index (χ1v) is 12.6. The third-order valence-electron chi connectivity index (χ3n) is 6.55. The van der Waals surface area contributed by atoms with Crippen molar-refractivity contribution < 1.29 is 40.6 Å². The molecule has 0 radical (unpaired) electrons. The lowest BCUT2D eigenvalue weighted by atomic mass is 10.0. The lowest BCUT2D eigenvalue weighted by Gasteiger charge is -2.16. The van der Waals surface area contributed by atoms with Gasteiger partial charge in [-0.2, -0.15) is 31.3 Å². The Labute approximate surface area is 235 Å². The van der Waals surface area contributed by atoms with E-state index in [1.54, 1.807) is 0 Å². The summed E-state index contributed by atoms with van der Waals surface area (Å²) in [5, 5.41) is 0. The van der Waals surface area contributed by atoms with Gasteiger partial charge in [-0.1, -0.05) is 12.1 Å². The van der Waals surface area contributed by atoms with Crippen molar-refractivity contribution in [1.29, 1.82) is 0 Å². The number of methoxy groups -OCH3 is 2. The molecule has 1 aliphatic rings. The van der Waals surface area contributed by atoms with Crippen LogP contribution in [0.4, 0.5) is 26.3 Å². The van der Waals surface area contributed by atoms with Crippen molar-refractivity contribution in [3.63, 3.8) is 0 Å². The molecule has 15 heteroatoms. The summed E-state index contributed by atoms with van der Waals surface area (Å²) in [7, 11) is 4.14. The van der Waals surface area contributed by atoms with Crippen LogP contribution in [0.1, 0.15) is 41.3 Å². The molecule has 3 aromatic heterocycles. The second-order valence-corrected chi connectivity index (χ2v) is 9.61. The number of aryl methyl sites for hydroxylation is 1. The fourth-order valence-corrected chi connectivity index (χ4v) is 4.44. The summed E-state index contributed by atoms with van der Waals surface area (Å²) < 4.78 is 97.7. The minimum absolute atomic E-state index is 0.0453. The van der Waals surface area contributed by atoms with Crippen LogP contribution in [0, 0.1) is 0 Å². The summed E-state index contributed by atoms with van der Waals surface area (Å²) in [5.41, 5.74) is 0.0691. The molecule has 1 saturated carbocycles. The van der Waals surface area contributed by atoms with Gasteiger partial charge in [-0.15, -0.1) is 0 Å². The molecule has 1 fully saturated rings. The van der Waals surface area contributed by atoms with E-state index < -0.39 is 24.5 Å². The summed E-state index contributed by atoms with van der Waals surface area (Å²) in [6.45, 7) is -0.356. The van der Waals surface area contributed by atoms with E-state index in [0.717, 1.165) is 29.7 Å². The molecule has 0 bridgehead atoms. The third kappa shape index (κ3) is 6.24.